The number of carbonyl (C=O) groups excluding carboxylic acids is 1. The van der Waals surface area contributed by atoms with Gasteiger partial charge >= 0.3 is 6.09 Å². The molecule has 0 aliphatic rings. The molecule has 2 heterocycles. The zero-order valence-electron chi connectivity index (χ0n) is 14.1. The van der Waals surface area contributed by atoms with E-state index in [1.807, 2.05) is 26.8 Å². The summed E-state index contributed by atoms with van der Waals surface area (Å²) in [6.07, 6.45) is 3.26. The van der Waals surface area contributed by atoms with E-state index in [-0.39, 0.29) is 0 Å². The molecule has 0 fully saturated rings. The Hall–Kier alpha value is -2.28. The summed E-state index contributed by atoms with van der Waals surface area (Å²) in [6.45, 7) is 9.87. The quantitative estimate of drug-likeness (QED) is 0.764. The zero-order chi connectivity index (χ0) is 16.9. The summed E-state index contributed by atoms with van der Waals surface area (Å²) in [7, 11) is 0. The number of rotatable bonds is 6. The molecule has 7 heteroatoms. The highest BCUT2D eigenvalue weighted by Gasteiger charge is 2.17. The minimum atomic E-state index is -0.534. The van der Waals surface area contributed by atoms with Gasteiger partial charge in [-0.2, -0.15) is 5.10 Å². The number of carbonyl (C=O) groups is 1. The van der Waals surface area contributed by atoms with Crippen molar-refractivity contribution in [1.29, 1.82) is 0 Å². The van der Waals surface area contributed by atoms with Gasteiger partial charge in [0.05, 0.1) is 6.20 Å². The van der Waals surface area contributed by atoms with Crippen molar-refractivity contribution in [2.24, 2.45) is 0 Å². The fourth-order valence-electron chi connectivity index (χ4n) is 2.20. The molecule has 1 amide bonds. The third-order valence-corrected chi connectivity index (χ3v) is 3.23. The van der Waals surface area contributed by atoms with Crippen LogP contribution in [0.2, 0.25) is 0 Å². The normalized spacial score (nSPS) is 11.5. The number of aromatic amines is 1. The first kappa shape index (κ1) is 17.1. The molecule has 2 aromatic heterocycles. The van der Waals surface area contributed by atoms with Crippen LogP contribution in [0.3, 0.4) is 0 Å². The second-order valence-corrected chi connectivity index (χ2v) is 6.29. The van der Waals surface area contributed by atoms with Crippen molar-refractivity contribution in [3.05, 3.63) is 35.8 Å². The van der Waals surface area contributed by atoms with Crippen LogP contribution in [-0.4, -0.2) is 26.5 Å². The Morgan fingerprint density at radius 3 is 2.87 bits per heavy atom. The highest BCUT2D eigenvalue weighted by atomic mass is 16.6. The molecule has 0 saturated heterocycles. The lowest BCUT2D eigenvalue weighted by atomic mass is 10.2. The van der Waals surface area contributed by atoms with Crippen LogP contribution in [0.1, 0.15) is 39.0 Å². The molecule has 0 aliphatic heterocycles. The molecule has 0 spiro atoms. The molecule has 0 aliphatic carbocycles. The second-order valence-electron chi connectivity index (χ2n) is 6.29. The topological polar surface area (TPSA) is 84.0 Å². The van der Waals surface area contributed by atoms with Gasteiger partial charge in [0.2, 0.25) is 0 Å². The molecule has 0 saturated carbocycles. The average Bonchev–Trinajstić information content (AvgIpc) is 3.06. The van der Waals surface area contributed by atoms with E-state index in [1.54, 1.807) is 6.20 Å². The standard InChI is InChI=1S/C16H25N5O2/c1-5-21-8-6-7-13(21)11-17-9-12-10-18-20-14(12)19-15(22)23-16(2,3)4/h6-8,10,17H,5,9,11H2,1-4H3,(H2,18,19,20,22). The lowest BCUT2D eigenvalue weighted by molar-refractivity contribution is 0.0635. The van der Waals surface area contributed by atoms with Crippen molar-refractivity contribution < 1.29 is 9.53 Å². The SMILES string of the molecule is CCn1cccc1CNCc1cn[nH]c1NC(=O)OC(C)(C)C. The van der Waals surface area contributed by atoms with E-state index in [4.69, 9.17) is 4.74 Å². The van der Waals surface area contributed by atoms with Crippen LogP contribution in [0, 0.1) is 0 Å². The van der Waals surface area contributed by atoms with E-state index >= 15 is 0 Å². The molecule has 0 bridgehead atoms. The molecule has 0 radical (unpaired) electrons. The van der Waals surface area contributed by atoms with Crippen molar-refractivity contribution in [1.82, 2.24) is 20.1 Å². The van der Waals surface area contributed by atoms with E-state index in [0.29, 0.717) is 12.4 Å². The van der Waals surface area contributed by atoms with Crippen LogP contribution in [0.25, 0.3) is 0 Å². The summed E-state index contributed by atoms with van der Waals surface area (Å²) in [4.78, 5) is 11.8. The summed E-state index contributed by atoms with van der Waals surface area (Å²) in [6, 6.07) is 4.12. The number of ether oxygens (including phenoxy) is 1. The van der Waals surface area contributed by atoms with Crippen molar-refractivity contribution in [3.63, 3.8) is 0 Å². The molecule has 2 rings (SSSR count). The van der Waals surface area contributed by atoms with E-state index in [2.05, 4.69) is 44.6 Å². The Morgan fingerprint density at radius 2 is 2.17 bits per heavy atom. The minimum Gasteiger partial charge on any atom is -0.444 e. The van der Waals surface area contributed by atoms with Crippen LogP contribution in [0.15, 0.2) is 24.5 Å². The Labute approximate surface area is 136 Å². The van der Waals surface area contributed by atoms with Crippen LogP contribution in [0.4, 0.5) is 10.6 Å². The molecule has 0 aromatic carbocycles. The number of hydrogen-bond acceptors (Lipinski definition) is 4. The van der Waals surface area contributed by atoms with E-state index in [9.17, 15) is 4.79 Å². The van der Waals surface area contributed by atoms with Gasteiger partial charge in [0.25, 0.3) is 0 Å². The molecular formula is C16H25N5O2. The first-order chi connectivity index (χ1) is 10.9. The molecule has 3 N–H and O–H groups in total. The summed E-state index contributed by atoms with van der Waals surface area (Å²) in [5, 5.41) is 12.8. The number of nitrogens with one attached hydrogen (secondary N) is 3. The van der Waals surface area contributed by atoms with Crippen molar-refractivity contribution in [3.8, 4) is 0 Å². The number of anilines is 1. The first-order valence-electron chi connectivity index (χ1n) is 7.76. The number of aromatic nitrogens is 3. The third-order valence-electron chi connectivity index (χ3n) is 3.23. The summed E-state index contributed by atoms with van der Waals surface area (Å²) < 4.78 is 7.42. The zero-order valence-corrected chi connectivity index (χ0v) is 14.1. The molecular weight excluding hydrogens is 294 g/mol. The fraction of sp³-hybridized carbons (Fsp3) is 0.500. The molecule has 23 heavy (non-hydrogen) atoms. The molecule has 2 aromatic rings. The van der Waals surface area contributed by atoms with Gasteiger partial charge in [0.15, 0.2) is 0 Å². The molecule has 126 valence electrons. The van der Waals surface area contributed by atoms with Gasteiger partial charge < -0.3 is 14.6 Å². The predicted octanol–water partition coefficient (Wildman–Crippen LogP) is 2.87. The smallest absolute Gasteiger partial charge is 0.413 e. The van der Waals surface area contributed by atoms with Gasteiger partial charge in [-0.15, -0.1) is 0 Å². The highest BCUT2D eigenvalue weighted by molar-refractivity contribution is 5.84. The maximum Gasteiger partial charge on any atom is 0.413 e. The minimum absolute atomic E-state index is 0.497. The van der Waals surface area contributed by atoms with Crippen molar-refractivity contribution in [2.75, 3.05) is 5.32 Å². The van der Waals surface area contributed by atoms with E-state index < -0.39 is 11.7 Å². The first-order valence-corrected chi connectivity index (χ1v) is 7.76. The van der Waals surface area contributed by atoms with Gasteiger partial charge in [-0.1, -0.05) is 0 Å². The van der Waals surface area contributed by atoms with Crippen LogP contribution in [0.5, 0.6) is 0 Å². The van der Waals surface area contributed by atoms with E-state index in [0.717, 1.165) is 18.7 Å². The van der Waals surface area contributed by atoms with Crippen LogP contribution >= 0.6 is 0 Å². The van der Waals surface area contributed by atoms with Gasteiger partial charge in [-0.05, 0) is 39.8 Å². The third kappa shape index (κ3) is 5.14. The maximum atomic E-state index is 11.8. The average molecular weight is 319 g/mol. The Balaban J connectivity index is 1.87. The number of aryl methyl sites for hydroxylation is 1. The second kappa shape index (κ2) is 7.32. The maximum absolute atomic E-state index is 11.8. The molecule has 0 unspecified atom stereocenters. The van der Waals surface area contributed by atoms with Crippen LogP contribution in [-0.2, 0) is 24.4 Å². The predicted molar refractivity (Wildman–Crippen MR) is 89.1 cm³/mol. The lowest BCUT2D eigenvalue weighted by Crippen LogP contribution is -2.27. The molecule has 0 atom stereocenters. The lowest BCUT2D eigenvalue weighted by Gasteiger charge is -2.19. The monoisotopic (exact) mass is 319 g/mol. The van der Waals surface area contributed by atoms with Gasteiger partial charge in [0, 0.05) is 37.1 Å². The van der Waals surface area contributed by atoms with Gasteiger partial charge in [0.1, 0.15) is 11.4 Å². The largest absolute Gasteiger partial charge is 0.444 e. The highest BCUT2D eigenvalue weighted by Crippen LogP contribution is 2.14. The number of nitrogens with zero attached hydrogens (tertiary/aromatic N) is 2. The molecule has 7 nitrogen and oxygen atoms in total. The summed E-state index contributed by atoms with van der Waals surface area (Å²) in [5.74, 6) is 0.553. The Morgan fingerprint density at radius 1 is 1.39 bits per heavy atom. The van der Waals surface area contributed by atoms with E-state index in [1.165, 1.54) is 5.69 Å². The number of H-pyrrole nitrogens is 1. The summed E-state index contributed by atoms with van der Waals surface area (Å²) >= 11 is 0. The van der Waals surface area contributed by atoms with Crippen molar-refractivity contribution in [2.45, 2.75) is 52.9 Å². The number of hydrogen-bond donors (Lipinski definition) is 3. The van der Waals surface area contributed by atoms with Crippen LogP contribution < -0.4 is 10.6 Å². The number of amides is 1. The van der Waals surface area contributed by atoms with Crippen molar-refractivity contribution >= 4 is 11.9 Å². The van der Waals surface area contributed by atoms with Gasteiger partial charge in [-0.25, -0.2) is 4.79 Å². The van der Waals surface area contributed by atoms with Gasteiger partial charge in [-0.3, -0.25) is 10.4 Å². The summed E-state index contributed by atoms with van der Waals surface area (Å²) in [5.41, 5.74) is 1.57. The fourth-order valence-corrected chi connectivity index (χ4v) is 2.20. The Kier molecular flexibility index (Phi) is 5.44. The Bertz CT molecular complexity index is 639.